The zero-order valence-corrected chi connectivity index (χ0v) is 11.6. The van der Waals surface area contributed by atoms with Crippen LogP contribution in [0.2, 0.25) is 0 Å². The molecule has 100 valence electrons. The summed E-state index contributed by atoms with van der Waals surface area (Å²) in [6, 6.07) is 0. The molecule has 0 saturated carbocycles. The fourth-order valence-electron chi connectivity index (χ4n) is 2.24. The predicted molar refractivity (Wildman–Crippen MR) is 72.7 cm³/mol. The van der Waals surface area contributed by atoms with Gasteiger partial charge in [-0.2, -0.15) is 4.98 Å². The first-order valence-electron chi connectivity index (χ1n) is 6.51. The predicted octanol–water partition coefficient (Wildman–Crippen LogP) is 1.94. The van der Waals surface area contributed by atoms with E-state index in [4.69, 9.17) is 10.5 Å². The molecule has 5 nitrogen and oxygen atoms in total. The van der Waals surface area contributed by atoms with Gasteiger partial charge in [0.15, 0.2) is 5.82 Å². The van der Waals surface area contributed by atoms with Crippen LogP contribution in [0.1, 0.15) is 27.7 Å². The fourth-order valence-corrected chi connectivity index (χ4v) is 2.24. The molecule has 0 aromatic carbocycles. The standard InChI is InChI=1S/C13H22N4O/c1-8(2)18-13-11(14)12(15-7-16-13)17-5-9(3)10(4)6-17/h7-10H,5-6,14H2,1-4H3. The molecular weight excluding hydrogens is 228 g/mol. The van der Waals surface area contributed by atoms with E-state index in [2.05, 4.69) is 28.7 Å². The van der Waals surface area contributed by atoms with Crippen molar-refractivity contribution in [3.63, 3.8) is 0 Å². The summed E-state index contributed by atoms with van der Waals surface area (Å²) in [5.41, 5.74) is 6.66. The van der Waals surface area contributed by atoms with Gasteiger partial charge in [0, 0.05) is 13.1 Å². The van der Waals surface area contributed by atoms with Gasteiger partial charge in [0.25, 0.3) is 0 Å². The average molecular weight is 250 g/mol. The second kappa shape index (κ2) is 5.00. The van der Waals surface area contributed by atoms with Crippen LogP contribution in [0.25, 0.3) is 0 Å². The van der Waals surface area contributed by atoms with Crippen LogP contribution < -0.4 is 15.4 Å². The van der Waals surface area contributed by atoms with Crippen molar-refractivity contribution in [1.29, 1.82) is 0 Å². The molecule has 2 heterocycles. The molecule has 1 aromatic heterocycles. The highest BCUT2D eigenvalue weighted by Gasteiger charge is 2.29. The van der Waals surface area contributed by atoms with Crippen molar-refractivity contribution >= 4 is 11.5 Å². The van der Waals surface area contributed by atoms with Gasteiger partial charge >= 0.3 is 0 Å². The van der Waals surface area contributed by atoms with Gasteiger partial charge in [-0.05, 0) is 25.7 Å². The monoisotopic (exact) mass is 250 g/mol. The van der Waals surface area contributed by atoms with Gasteiger partial charge in [0.2, 0.25) is 5.88 Å². The fraction of sp³-hybridized carbons (Fsp3) is 0.692. The van der Waals surface area contributed by atoms with Gasteiger partial charge in [-0.25, -0.2) is 4.98 Å². The van der Waals surface area contributed by atoms with Crippen molar-refractivity contribution in [3.05, 3.63) is 6.33 Å². The van der Waals surface area contributed by atoms with E-state index >= 15 is 0 Å². The Bertz CT molecular complexity index is 411. The molecule has 1 aliphatic heterocycles. The van der Waals surface area contributed by atoms with Crippen LogP contribution in [0.4, 0.5) is 11.5 Å². The van der Waals surface area contributed by atoms with E-state index in [9.17, 15) is 0 Å². The Morgan fingerprint density at radius 3 is 2.44 bits per heavy atom. The highest BCUT2D eigenvalue weighted by atomic mass is 16.5. The molecule has 2 atom stereocenters. The Morgan fingerprint density at radius 2 is 1.89 bits per heavy atom. The second-order valence-corrected chi connectivity index (χ2v) is 5.44. The van der Waals surface area contributed by atoms with E-state index < -0.39 is 0 Å². The van der Waals surface area contributed by atoms with Gasteiger partial charge in [-0.3, -0.25) is 0 Å². The third-order valence-electron chi connectivity index (χ3n) is 3.46. The normalized spacial score (nSPS) is 23.7. The van der Waals surface area contributed by atoms with Gasteiger partial charge < -0.3 is 15.4 Å². The molecule has 2 rings (SSSR count). The van der Waals surface area contributed by atoms with Gasteiger partial charge in [-0.1, -0.05) is 13.8 Å². The highest BCUT2D eigenvalue weighted by molar-refractivity contribution is 5.68. The van der Waals surface area contributed by atoms with E-state index in [-0.39, 0.29) is 6.10 Å². The van der Waals surface area contributed by atoms with Gasteiger partial charge in [0.1, 0.15) is 12.0 Å². The molecule has 0 spiro atoms. The summed E-state index contributed by atoms with van der Waals surface area (Å²) in [6.07, 6.45) is 1.59. The summed E-state index contributed by atoms with van der Waals surface area (Å²) in [4.78, 5) is 10.6. The first kappa shape index (κ1) is 12.9. The number of ether oxygens (including phenoxy) is 1. The average Bonchev–Trinajstić information content (AvgIpc) is 2.61. The third kappa shape index (κ3) is 2.49. The molecule has 0 amide bonds. The quantitative estimate of drug-likeness (QED) is 0.888. The first-order chi connectivity index (χ1) is 8.49. The summed E-state index contributed by atoms with van der Waals surface area (Å²) in [7, 11) is 0. The van der Waals surface area contributed by atoms with E-state index in [0.29, 0.717) is 23.4 Å². The van der Waals surface area contributed by atoms with E-state index in [1.165, 1.54) is 6.33 Å². The number of hydrogen-bond acceptors (Lipinski definition) is 5. The maximum Gasteiger partial charge on any atom is 0.242 e. The van der Waals surface area contributed by atoms with E-state index in [1.54, 1.807) is 0 Å². The molecule has 18 heavy (non-hydrogen) atoms. The van der Waals surface area contributed by atoms with Crippen molar-refractivity contribution in [2.45, 2.75) is 33.8 Å². The lowest BCUT2D eigenvalue weighted by Gasteiger charge is -2.20. The lowest BCUT2D eigenvalue weighted by molar-refractivity contribution is 0.234. The largest absolute Gasteiger partial charge is 0.473 e. The molecule has 2 unspecified atom stereocenters. The molecule has 0 aliphatic carbocycles. The van der Waals surface area contributed by atoms with Crippen LogP contribution in [-0.4, -0.2) is 29.2 Å². The Hall–Kier alpha value is -1.52. The lowest BCUT2D eigenvalue weighted by atomic mass is 10.0. The number of nitrogens with zero attached hydrogens (tertiary/aromatic N) is 3. The van der Waals surface area contributed by atoms with Crippen molar-refractivity contribution in [1.82, 2.24) is 9.97 Å². The molecule has 1 saturated heterocycles. The van der Waals surface area contributed by atoms with Crippen LogP contribution in [0.15, 0.2) is 6.33 Å². The van der Waals surface area contributed by atoms with Crippen LogP contribution in [0, 0.1) is 11.8 Å². The number of anilines is 2. The number of hydrogen-bond donors (Lipinski definition) is 1. The lowest BCUT2D eigenvalue weighted by Crippen LogP contribution is -2.23. The number of nitrogen functional groups attached to an aromatic ring is 1. The summed E-state index contributed by atoms with van der Waals surface area (Å²) < 4.78 is 5.60. The van der Waals surface area contributed by atoms with Crippen LogP contribution in [-0.2, 0) is 0 Å². The smallest absolute Gasteiger partial charge is 0.242 e. The maximum absolute atomic E-state index is 6.11. The topological polar surface area (TPSA) is 64.3 Å². The molecule has 0 radical (unpaired) electrons. The van der Waals surface area contributed by atoms with E-state index in [1.807, 2.05) is 13.8 Å². The van der Waals surface area contributed by atoms with Crippen molar-refractivity contribution in [2.75, 3.05) is 23.7 Å². The minimum atomic E-state index is 0.0616. The van der Waals surface area contributed by atoms with Crippen LogP contribution >= 0.6 is 0 Å². The molecule has 2 N–H and O–H groups in total. The minimum absolute atomic E-state index is 0.0616. The zero-order valence-electron chi connectivity index (χ0n) is 11.6. The number of nitrogens with two attached hydrogens (primary N) is 1. The molecule has 5 heteroatoms. The van der Waals surface area contributed by atoms with Crippen molar-refractivity contribution in [2.24, 2.45) is 11.8 Å². The summed E-state index contributed by atoms with van der Waals surface area (Å²) in [5, 5.41) is 0. The summed E-state index contributed by atoms with van der Waals surface area (Å²) in [5.74, 6) is 2.61. The first-order valence-corrected chi connectivity index (χ1v) is 6.51. The summed E-state index contributed by atoms with van der Waals surface area (Å²) >= 11 is 0. The second-order valence-electron chi connectivity index (χ2n) is 5.44. The Labute approximate surface area is 108 Å². The van der Waals surface area contributed by atoms with Crippen molar-refractivity contribution < 1.29 is 4.74 Å². The minimum Gasteiger partial charge on any atom is -0.473 e. The number of aromatic nitrogens is 2. The van der Waals surface area contributed by atoms with Crippen LogP contribution in [0.3, 0.4) is 0 Å². The summed E-state index contributed by atoms with van der Waals surface area (Å²) in [6.45, 7) is 10.4. The molecule has 1 aromatic rings. The van der Waals surface area contributed by atoms with Gasteiger partial charge in [-0.15, -0.1) is 0 Å². The van der Waals surface area contributed by atoms with Crippen molar-refractivity contribution in [3.8, 4) is 5.88 Å². The maximum atomic E-state index is 6.11. The number of rotatable bonds is 3. The van der Waals surface area contributed by atoms with E-state index in [0.717, 1.165) is 18.9 Å². The molecule has 1 fully saturated rings. The van der Waals surface area contributed by atoms with Gasteiger partial charge in [0.05, 0.1) is 6.10 Å². The molecule has 1 aliphatic rings. The highest BCUT2D eigenvalue weighted by Crippen LogP contribution is 2.33. The Morgan fingerprint density at radius 1 is 1.28 bits per heavy atom. The van der Waals surface area contributed by atoms with Crippen LogP contribution in [0.5, 0.6) is 5.88 Å². The SMILES string of the molecule is CC(C)Oc1ncnc(N2CC(C)C(C)C2)c1N. The zero-order chi connectivity index (χ0) is 13.3. The Balaban J connectivity index is 2.24. The molecule has 0 bridgehead atoms. The molecular formula is C13H22N4O. The third-order valence-corrected chi connectivity index (χ3v) is 3.46. The Kier molecular flexibility index (Phi) is 3.59.